The molecule has 1 aromatic carbocycles. The van der Waals surface area contributed by atoms with Crippen LogP contribution in [0.2, 0.25) is 0 Å². The molecule has 2 rings (SSSR count). The normalized spacial score (nSPS) is 11.6. The number of nitrogen functional groups attached to an aromatic ring is 1. The molecule has 0 saturated carbocycles. The topological polar surface area (TPSA) is 98.0 Å². The minimum atomic E-state index is -3.55. The maximum Gasteiger partial charge on any atom is 0.242 e. The summed E-state index contributed by atoms with van der Waals surface area (Å²) < 4.78 is 25.8. The molecule has 21 heavy (non-hydrogen) atoms. The van der Waals surface area contributed by atoms with E-state index in [4.69, 9.17) is 5.73 Å². The Hall–Kier alpha value is -1.64. The molecule has 0 bridgehead atoms. The Labute approximate surface area is 128 Å². The van der Waals surface area contributed by atoms with Crippen molar-refractivity contribution in [1.29, 1.82) is 0 Å². The van der Waals surface area contributed by atoms with Crippen molar-refractivity contribution in [3.63, 3.8) is 0 Å². The molecule has 0 saturated heterocycles. The molecule has 0 unspecified atom stereocenters. The number of aromatic nitrogens is 2. The van der Waals surface area contributed by atoms with Gasteiger partial charge in [0.05, 0.1) is 5.69 Å². The Morgan fingerprint density at radius 2 is 1.76 bits per heavy atom. The summed E-state index contributed by atoms with van der Waals surface area (Å²) in [6, 6.07) is 6.66. The molecular weight excluding hydrogens is 308 g/mol. The lowest BCUT2D eigenvalue weighted by molar-refractivity contribution is 0.588. The summed E-state index contributed by atoms with van der Waals surface area (Å²) in [7, 11) is -2.20. The largest absolute Gasteiger partial charge is 0.398 e. The Morgan fingerprint density at radius 3 is 2.29 bits per heavy atom. The summed E-state index contributed by atoms with van der Waals surface area (Å²) in [5.74, 6) is 0. The second-order valence-electron chi connectivity index (χ2n) is 4.44. The van der Waals surface area contributed by atoms with Crippen molar-refractivity contribution in [2.75, 3.05) is 12.8 Å². The molecule has 8 heteroatoms. The van der Waals surface area contributed by atoms with E-state index in [2.05, 4.69) is 14.7 Å². The minimum absolute atomic E-state index is 0.0655. The summed E-state index contributed by atoms with van der Waals surface area (Å²) in [5.41, 5.74) is 7.78. The predicted molar refractivity (Wildman–Crippen MR) is 82.7 cm³/mol. The lowest BCUT2D eigenvalue weighted by Crippen LogP contribution is -2.19. The predicted octanol–water partition coefficient (Wildman–Crippen LogP) is 1.73. The summed E-state index contributed by atoms with van der Waals surface area (Å²) >= 11 is 1.34. The Bertz CT molecular complexity index is 755. The maximum atomic E-state index is 11.8. The van der Waals surface area contributed by atoms with E-state index in [-0.39, 0.29) is 10.6 Å². The first-order valence-corrected chi connectivity index (χ1v) is 8.45. The van der Waals surface area contributed by atoms with Gasteiger partial charge >= 0.3 is 0 Å². The van der Waals surface area contributed by atoms with Gasteiger partial charge in [0.1, 0.15) is 4.90 Å². The van der Waals surface area contributed by atoms with Crippen molar-refractivity contribution in [2.24, 2.45) is 0 Å². The van der Waals surface area contributed by atoms with Crippen molar-refractivity contribution < 1.29 is 8.42 Å². The van der Waals surface area contributed by atoms with Gasteiger partial charge in [-0.3, -0.25) is 0 Å². The molecule has 1 aromatic heterocycles. The number of nitrogens with one attached hydrogen (secondary N) is 1. The average Bonchev–Trinajstić information content (AvgIpc) is 2.37. The number of nitrogens with zero attached hydrogens (tertiary/aromatic N) is 2. The van der Waals surface area contributed by atoms with E-state index in [0.29, 0.717) is 5.16 Å². The molecule has 0 radical (unpaired) electrons. The first-order chi connectivity index (χ1) is 9.81. The molecule has 1 heterocycles. The van der Waals surface area contributed by atoms with Gasteiger partial charge in [-0.05, 0) is 56.9 Å². The van der Waals surface area contributed by atoms with Crippen LogP contribution in [-0.4, -0.2) is 25.4 Å². The number of sulfonamides is 1. The van der Waals surface area contributed by atoms with Gasteiger partial charge < -0.3 is 5.73 Å². The lowest BCUT2D eigenvalue weighted by atomic mass is 10.3. The van der Waals surface area contributed by atoms with Crippen molar-refractivity contribution in [2.45, 2.75) is 28.8 Å². The SMILES string of the molecule is CNS(=O)(=O)c1ccc(Sc2nc(C)cc(C)n2)cc1N. The second kappa shape index (κ2) is 6.00. The van der Waals surface area contributed by atoms with E-state index in [0.717, 1.165) is 16.3 Å². The van der Waals surface area contributed by atoms with Crippen LogP contribution in [0.5, 0.6) is 0 Å². The van der Waals surface area contributed by atoms with Gasteiger partial charge in [0, 0.05) is 16.3 Å². The zero-order valence-electron chi connectivity index (χ0n) is 11.9. The van der Waals surface area contributed by atoms with Gasteiger partial charge in [-0.15, -0.1) is 0 Å². The number of hydrogen-bond acceptors (Lipinski definition) is 6. The minimum Gasteiger partial charge on any atom is -0.398 e. The van der Waals surface area contributed by atoms with Gasteiger partial charge in [0.25, 0.3) is 0 Å². The number of hydrogen-bond donors (Lipinski definition) is 2. The van der Waals surface area contributed by atoms with Gasteiger partial charge in [-0.25, -0.2) is 23.1 Å². The highest BCUT2D eigenvalue weighted by Crippen LogP contribution is 2.29. The molecule has 0 spiro atoms. The summed E-state index contributed by atoms with van der Waals surface area (Å²) in [4.78, 5) is 9.50. The number of aryl methyl sites for hydroxylation is 2. The van der Waals surface area contributed by atoms with Gasteiger partial charge in [-0.1, -0.05) is 0 Å². The highest BCUT2D eigenvalue weighted by atomic mass is 32.2. The van der Waals surface area contributed by atoms with Crippen LogP contribution >= 0.6 is 11.8 Å². The van der Waals surface area contributed by atoms with E-state index in [9.17, 15) is 8.42 Å². The van der Waals surface area contributed by atoms with Crippen LogP contribution in [0, 0.1) is 13.8 Å². The van der Waals surface area contributed by atoms with Crippen LogP contribution in [0.15, 0.2) is 39.2 Å². The van der Waals surface area contributed by atoms with Gasteiger partial charge in [0.2, 0.25) is 10.0 Å². The second-order valence-corrected chi connectivity index (χ2v) is 7.34. The first-order valence-electron chi connectivity index (χ1n) is 6.15. The van der Waals surface area contributed by atoms with Crippen molar-refractivity contribution >= 4 is 27.5 Å². The van der Waals surface area contributed by atoms with Crippen molar-refractivity contribution in [3.8, 4) is 0 Å². The number of anilines is 1. The Kier molecular flexibility index (Phi) is 4.50. The van der Waals surface area contributed by atoms with Gasteiger partial charge in [0.15, 0.2) is 5.16 Å². The van der Waals surface area contributed by atoms with E-state index in [1.165, 1.54) is 24.9 Å². The molecule has 0 aliphatic rings. The average molecular weight is 324 g/mol. The zero-order valence-corrected chi connectivity index (χ0v) is 13.5. The third kappa shape index (κ3) is 3.72. The van der Waals surface area contributed by atoms with Crippen molar-refractivity contribution in [1.82, 2.24) is 14.7 Å². The van der Waals surface area contributed by atoms with E-state index in [1.54, 1.807) is 12.1 Å². The molecule has 0 atom stereocenters. The lowest BCUT2D eigenvalue weighted by Gasteiger charge is -2.08. The van der Waals surface area contributed by atoms with Crippen LogP contribution in [0.4, 0.5) is 5.69 Å². The summed E-state index contributed by atoms with van der Waals surface area (Å²) in [6.45, 7) is 3.80. The van der Waals surface area contributed by atoms with Gasteiger partial charge in [-0.2, -0.15) is 0 Å². The van der Waals surface area contributed by atoms with Crippen LogP contribution in [0.1, 0.15) is 11.4 Å². The Morgan fingerprint density at radius 1 is 1.14 bits per heavy atom. The van der Waals surface area contributed by atoms with E-state index < -0.39 is 10.0 Å². The van der Waals surface area contributed by atoms with Crippen LogP contribution < -0.4 is 10.5 Å². The van der Waals surface area contributed by atoms with Crippen LogP contribution in [-0.2, 0) is 10.0 Å². The molecule has 0 amide bonds. The highest BCUT2D eigenvalue weighted by Gasteiger charge is 2.15. The van der Waals surface area contributed by atoms with E-state index >= 15 is 0 Å². The summed E-state index contributed by atoms with van der Waals surface area (Å²) in [5, 5.41) is 0.608. The first kappa shape index (κ1) is 15.7. The fraction of sp³-hybridized carbons (Fsp3) is 0.231. The Balaban J connectivity index is 2.33. The number of benzene rings is 1. The standard InChI is InChI=1S/C13H16N4O2S2/c1-8-6-9(2)17-13(16-8)20-10-4-5-12(11(14)7-10)21(18,19)15-3/h4-7,15H,14H2,1-3H3. The summed E-state index contributed by atoms with van der Waals surface area (Å²) in [6.07, 6.45) is 0. The van der Waals surface area contributed by atoms with Crippen LogP contribution in [0.25, 0.3) is 0 Å². The third-order valence-corrected chi connectivity index (χ3v) is 5.05. The fourth-order valence-electron chi connectivity index (χ4n) is 1.79. The maximum absolute atomic E-state index is 11.8. The number of nitrogens with two attached hydrogens (primary N) is 1. The molecule has 3 N–H and O–H groups in total. The number of rotatable bonds is 4. The monoisotopic (exact) mass is 324 g/mol. The van der Waals surface area contributed by atoms with Crippen molar-refractivity contribution in [3.05, 3.63) is 35.7 Å². The quantitative estimate of drug-likeness (QED) is 0.656. The van der Waals surface area contributed by atoms with Crippen LogP contribution in [0.3, 0.4) is 0 Å². The fourth-order valence-corrected chi connectivity index (χ4v) is 3.54. The molecule has 0 aliphatic carbocycles. The molecular formula is C13H16N4O2S2. The van der Waals surface area contributed by atoms with E-state index in [1.807, 2.05) is 19.9 Å². The smallest absolute Gasteiger partial charge is 0.242 e. The molecule has 112 valence electrons. The molecule has 6 nitrogen and oxygen atoms in total. The third-order valence-electron chi connectivity index (χ3n) is 2.71. The molecule has 0 aliphatic heterocycles. The molecule has 0 fully saturated rings. The highest BCUT2D eigenvalue weighted by molar-refractivity contribution is 7.99. The zero-order chi connectivity index (χ0) is 15.6. The molecule has 2 aromatic rings.